The normalized spacial score (nSPS) is 25.5. The summed E-state index contributed by atoms with van der Waals surface area (Å²) in [5.74, 6) is 0.885. The van der Waals surface area contributed by atoms with Gasteiger partial charge in [-0.1, -0.05) is 6.92 Å². The second-order valence-electron chi connectivity index (χ2n) is 6.13. The number of nitrogens with one attached hydrogen (secondary N) is 1. The summed E-state index contributed by atoms with van der Waals surface area (Å²) in [5, 5.41) is 3.52. The van der Waals surface area contributed by atoms with Gasteiger partial charge in [-0.3, -0.25) is 0 Å². The molecule has 2 rings (SSSR count). The topological polar surface area (TPSA) is 29.9 Å². The zero-order chi connectivity index (χ0) is 11.8. The molecule has 0 amide bonds. The lowest BCUT2D eigenvalue weighted by Gasteiger charge is -2.35. The Hall–Kier alpha value is -0.830. The maximum Gasteiger partial charge on any atom is 0.0951 e. The van der Waals surface area contributed by atoms with Crippen molar-refractivity contribution in [1.29, 1.82) is 0 Å². The van der Waals surface area contributed by atoms with E-state index in [-0.39, 0.29) is 5.54 Å². The summed E-state index contributed by atoms with van der Waals surface area (Å²) in [6.07, 6.45) is 6.58. The van der Waals surface area contributed by atoms with E-state index in [9.17, 15) is 0 Å². The number of nitrogens with zero attached hydrogens (tertiary/aromatic N) is 2. The van der Waals surface area contributed by atoms with E-state index < -0.39 is 0 Å². The van der Waals surface area contributed by atoms with Crippen LogP contribution >= 0.6 is 0 Å². The highest BCUT2D eigenvalue weighted by Crippen LogP contribution is 2.37. The zero-order valence-corrected chi connectivity index (χ0v) is 10.8. The van der Waals surface area contributed by atoms with Crippen LogP contribution in [0.4, 0.5) is 0 Å². The van der Waals surface area contributed by atoms with Crippen molar-refractivity contribution in [3.63, 3.8) is 0 Å². The van der Waals surface area contributed by atoms with Gasteiger partial charge in [0.25, 0.3) is 0 Å². The highest BCUT2D eigenvalue weighted by molar-refractivity contribution is 5.03. The molecule has 0 bridgehead atoms. The lowest BCUT2D eigenvalue weighted by Crippen LogP contribution is -2.36. The molecule has 0 aliphatic heterocycles. The molecule has 1 heterocycles. The molecule has 16 heavy (non-hydrogen) atoms. The minimum atomic E-state index is 0.169. The Morgan fingerprint density at radius 2 is 2.12 bits per heavy atom. The van der Waals surface area contributed by atoms with E-state index in [0.29, 0.717) is 6.04 Å². The standard InChI is InChI=1S/C13H23N3/c1-10-5-11(6-10)16-9-14-7-12(16)8-15-13(2,3)4/h7,9-11,15H,5-6,8H2,1-4H3. The molecule has 0 saturated heterocycles. The molecule has 1 saturated carbocycles. The molecular formula is C13H23N3. The highest BCUT2D eigenvalue weighted by Gasteiger charge is 2.28. The molecule has 90 valence electrons. The third-order valence-corrected chi connectivity index (χ3v) is 3.29. The van der Waals surface area contributed by atoms with Crippen molar-refractivity contribution in [2.75, 3.05) is 0 Å². The second kappa shape index (κ2) is 4.21. The summed E-state index contributed by atoms with van der Waals surface area (Å²) in [5.41, 5.74) is 1.48. The Bertz CT molecular complexity index is 342. The van der Waals surface area contributed by atoms with Crippen molar-refractivity contribution in [3.8, 4) is 0 Å². The summed E-state index contributed by atoms with van der Waals surface area (Å²) < 4.78 is 2.35. The fourth-order valence-corrected chi connectivity index (χ4v) is 2.24. The molecule has 1 aromatic rings. The minimum Gasteiger partial charge on any atom is -0.330 e. The largest absolute Gasteiger partial charge is 0.330 e. The lowest BCUT2D eigenvalue weighted by molar-refractivity contribution is 0.210. The first-order valence-electron chi connectivity index (χ1n) is 6.21. The van der Waals surface area contributed by atoms with Gasteiger partial charge in [-0.2, -0.15) is 0 Å². The van der Waals surface area contributed by atoms with Crippen LogP contribution in [-0.4, -0.2) is 15.1 Å². The van der Waals surface area contributed by atoms with E-state index in [0.717, 1.165) is 12.5 Å². The van der Waals surface area contributed by atoms with Crippen molar-refractivity contribution in [1.82, 2.24) is 14.9 Å². The summed E-state index contributed by atoms with van der Waals surface area (Å²) in [6.45, 7) is 9.81. The van der Waals surface area contributed by atoms with Gasteiger partial charge in [0.2, 0.25) is 0 Å². The molecule has 0 unspecified atom stereocenters. The van der Waals surface area contributed by atoms with E-state index in [4.69, 9.17) is 0 Å². The minimum absolute atomic E-state index is 0.169. The van der Waals surface area contributed by atoms with Gasteiger partial charge in [-0.15, -0.1) is 0 Å². The fourth-order valence-electron chi connectivity index (χ4n) is 2.24. The summed E-state index contributed by atoms with van der Waals surface area (Å²) in [4.78, 5) is 4.27. The van der Waals surface area contributed by atoms with Gasteiger partial charge < -0.3 is 9.88 Å². The van der Waals surface area contributed by atoms with Crippen LogP contribution in [0.5, 0.6) is 0 Å². The van der Waals surface area contributed by atoms with Gasteiger partial charge >= 0.3 is 0 Å². The highest BCUT2D eigenvalue weighted by atomic mass is 15.1. The van der Waals surface area contributed by atoms with E-state index >= 15 is 0 Å². The number of hydrogen-bond acceptors (Lipinski definition) is 2. The SMILES string of the molecule is CC1CC(n2cncc2CNC(C)(C)C)C1. The number of aromatic nitrogens is 2. The maximum absolute atomic E-state index is 4.27. The van der Waals surface area contributed by atoms with Crippen LogP contribution in [0.1, 0.15) is 52.3 Å². The quantitative estimate of drug-likeness (QED) is 0.850. The zero-order valence-electron chi connectivity index (χ0n) is 10.8. The van der Waals surface area contributed by atoms with Crippen LogP contribution in [0.15, 0.2) is 12.5 Å². The van der Waals surface area contributed by atoms with Gasteiger partial charge in [0.05, 0.1) is 12.0 Å². The van der Waals surface area contributed by atoms with Crippen molar-refractivity contribution >= 4 is 0 Å². The molecule has 0 atom stereocenters. The Morgan fingerprint density at radius 1 is 1.44 bits per heavy atom. The van der Waals surface area contributed by atoms with Gasteiger partial charge in [-0.05, 0) is 39.5 Å². The summed E-state index contributed by atoms with van der Waals surface area (Å²) in [7, 11) is 0. The van der Waals surface area contributed by atoms with Crippen LogP contribution in [0.2, 0.25) is 0 Å². The first kappa shape index (κ1) is 11.6. The Morgan fingerprint density at radius 3 is 2.69 bits per heavy atom. The molecule has 1 N–H and O–H groups in total. The number of hydrogen-bond donors (Lipinski definition) is 1. The van der Waals surface area contributed by atoms with Crippen LogP contribution in [0.25, 0.3) is 0 Å². The Labute approximate surface area is 98.3 Å². The molecule has 1 aliphatic carbocycles. The number of imidazole rings is 1. The second-order valence-corrected chi connectivity index (χ2v) is 6.13. The average Bonchev–Trinajstić information content (AvgIpc) is 2.56. The number of rotatable bonds is 3. The van der Waals surface area contributed by atoms with Gasteiger partial charge in [0.15, 0.2) is 0 Å². The summed E-state index contributed by atoms with van der Waals surface area (Å²) in [6, 6.07) is 0.689. The third-order valence-electron chi connectivity index (χ3n) is 3.29. The van der Waals surface area contributed by atoms with Gasteiger partial charge in [0, 0.05) is 24.3 Å². The fraction of sp³-hybridized carbons (Fsp3) is 0.769. The molecule has 0 spiro atoms. The van der Waals surface area contributed by atoms with Crippen LogP contribution in [-0.2, 0) is 6.54 Å². The van der Waals surface area contributed by atoms with Crippen LogP contribution < -0.4 is 5.32 Å². The maximum atomic E-state index is 4.27. The molecule has 1 aliphatic rings. The first-order chi connectivity index (χ1) is 7.46. The van der Waals surface area contributed by atoms with Crippen LogP contribution in [0, 0.1) is 5.92 Å². The van der Waals surface area contributed by atoms with E-state index in [1.807, 2.05) is 12.5 Å². The monoisotopic (exact) mass is 221 g/mol. The van der Waals surface area contributed by atoms with E-state index in [2.05, 4.69) is 42.6 Å². The first-order valence-corrected chi connectivity index (χ1v) is 6.21. The Kier molecular flexibility index (Phi) is 3.06. The third kappa shape index (κ3) is 2.64. The molecular weight excluding hydrogens is 198 g/mol. The molecule has 1 fully saturated rings. The van der Waals surface area contributed by atoms with Crippen molar-refractivity contribution in [2.24, 2.45) is 5.92 Å². The molecule has 3 nitrogen and oxygen atoms in total. The van der Waals surface area contributed by atoms with E-state index in [1.165, 1.54) is 18.5 Å². The molecule has 3 heteroatoms. The van der Waals surface area contributed by atoms with Gasteiger partial charge in [-0.25, -0.2) is 4.98 Å². The smallest absolute Gasteiger partial charge is 0.0951 e. The van der Waals surface area contributed by atoms with Crippen molar-refractivity contribution in [2.45, 2.75) is 58.7 Å². The van der Waals surface area contributed by atoms with Crippen molar-refractivity contribution < 1.29 is 0 Å². The van der Waals surface area contributed by atoms with Crippen molar-refractivity contribution in [3.05, 3.63) is 18.2 Å². The summed E-state index contributed by atoms with van der Waals surface area (Å²) >= 11 is 0. The predicted molar refractivity (Wildman–Crippen MR) is 66.3 cm³/mol. The van der Waals surface area contributed by atoms with Crippen LogP contribution in [0.3, 0.4) is 0 Å². The molecule has 0 aromatic carbocycles. The molecule has 1 aromatic heterocycles. The van der Waals surface area contributed by atoms with E-state index in [1.54, 1.807) is 0 Å². The molecule has 0 radical (unpaired) electrons. The average molecular weight is 221 g/mol. The Balaban J connectivity index is 1.97. The predicted octanol–water partition coefficient (Wildman–Crippen LogP) is 2.74. The lowest BCUT2D eigenvalue weighted by atomic mass is 9.81. The van der Waals surface area contributed by atoms with Gasteiger partial charge in [0.1, 0.15) is 0 Å².